The van der Waals surface area contributed by atoms with Crippen molar-refractivity contribution < 1.29 is 18.7 Å². The standard InChI is InChI=1S/C13H15FO3/c1-3-11(15)12(14)13(16)9-5-7-10(8-6-9)17-4-2/h5-8,12H,3-4H2,1-2H3. The van der Waals surface area contributed by atoms with Gasteiger partial charge in [0, 0.05) is 12.0 Å². The lowest BCUT2D eigenvalue weighted by Gasteiger charge is -2.06. The lowest BCUT2D eigenvalue weighted by atomic mass is 10.0. The van der Waals surface area contributed by atoms with Crippen molar-refractivity contribution in [1.29, 1.82) is 0 Å². The Morgan fingerprint density at radius 3 is 2.29 bits per heavy atom. The number of carbonyl (C=O) groups is 2. The van der Waals surface area contributed by atoms with E-state index in [1.54, 1.807) is 12.1 Å². The quantitative estimate of drug-likeness (QED) is 0.565. The first-order chi connectivity index (χ1) is 8.10. The summed E-state index contributed by atoms with van der Waals surface area (Å²) in [6.45, 7) is 3.89. The van der Waals surface area contributed by atoms with E-state index in [9.17, 15) is 14.0 Å². The van der Waals surface area contributed by atoms with Gasteiger partial charge in [0.2, 0.25) is 12.0 Å². The van der Waals surface area contributed by atoms with Crippen molar-refractivity contribution in [2.75, 3.05) is 6.61 Å². The fraction of sp³-hybridized carbons (Fsp3) is 0.385. The topological polar surface area (TPSA) is 43.4 Å². The molecule has 0 aromatic heterocycles. The van der Waals surface area contributed by atoms with Gasteiger partial charge in [-0.1, -0.05) is 6.92 Å². The maximum absolute atomic E-state index is 13.4. The van der Waals surface area contributed by atoms with Crippen LogP contribution in [-0.2, 0) is 4.79 Å². The van der Waals surface area contributed by atoms with Crippen LogP contribution in [0, 0.1) is 0 Å². The molecule has 0 saturated heterocycles. The molecule has 0 aliphatic heterocycles. The molecule has 4 heteroatoms. The molecule has 0 bridgehead atoms. The van der Waals surface area contributed by atoms with Gasteiger partial charge in [-0.15, -0.1) is 0 Å². The molecule has 0 amide bonds. The Bertz CT molecular complexity index is 398. The van der Waals surface area contributed by atoms with Crippen molar-refractivity contribution in [3.8, 4) is 5.75 Å². The molecule has 0 radical (unpaired) electrons. The summed E-state index contributed by atoms with van der Waals surface area (Å²) in [6.07, 6.45) is -2.04. The van der Waals surface area contributed by atoms with Crippen molar-refractivity contribution in [1.82, 2.24) is 0 Å². The Kier molecular flexibility index (Phi) is 4.82. The Labute approximate surface area is 99.6 Å². The van der Waals surface area contributed by atoms with Gasteiger partial charge in [-0.25, -0.2) is 4.39 Å². The summed E-state index contributed by atoms with van der Waals surface area (Å²) >= 11 is 0. The van der Waals surface area contributed by atoms with Gasteiger partial charge in [0.15, 0.2) is 5.78 Å². The van der Waals surface area contributed by atoms with E-state index < -0.39 is 17.7 Å². The molecule has 1 rings (SSSR count). The van der Waals surface area contributed by atoms with Crippen LogP contribution in [0.15, 0.2) is 24.3 Å². The van der Waals surface area contributed by atoms with Crippen LogP contribution in [0.1, 0.15) is 30.6 Å². The molecule has 17 heavy (non-hydrogen) atoms. The van der Waals surface area contributed by atoms with Gasteiger partial charge in [0.25, 0.3) is 0 Å². The number of Topliss-reactive ketones (excluding diaryl/α,β-unsaturated/α-hetero) is 2. The van der Waals surface area contributed by atoms with Crippen LogP contribution in [-0.4, -0.2) is 24.3 Å². The van der Waals surface area contributed by atoms with Crippen LogP contribution in [0.5, 0.6) is 5.75 Å². The van der Waals surface area contributed by atoms with Gasteiger partial charge in [0.05, 0.1) is 6.61 Å². The molecule has 92 valence electrons. The molecule has 0 aliphatic carbocycles. The lowest BCUT2D eigenvalue weighted by molar-refractivity contribution is -0.121. The van der Waals surface area contributed by atoms with E-state index >= 15 is 0 Å². The van der Waals surface area contributed by atoms with Crippen molar-refractivity contribution in [2.24, 2.45) is 0 Å². The smallest absolute Gasteiger partial charge is 0.220 e. The number of ether oxygens (including phenoxy) is 1. The molecule has 1 unspecified atom stereocenters. The van der Waals surface area contributed by atoms with Crippen molar-refractivity contribution in [3.63, 3.8) is 0 Å². The second-order valence-electron chi connectivity index (χ2n) is 3.50. The highest BCUT2D eigenvalue weighted by atomic mass is 19.1. The molecule has 1 atom stereocenters. The van der Waals surface area contributed by atoms with Crippen LogP contribution in [0.25, 0.3) is 0 Å². The molecular weight excluding hydrogens is 223 g/mol. The average Bonchev–Trinajstić information content (AvgIpc) is 2.37. The van der Waals surface area contributed by atoms with Gasteiger partial charge in [-0.2, -0.15) is 0 Å². The molecule has 1 aromatic carbocycles. The molecule has 0 saturated carbocycles. The summed E-state index contributed by atoms with van der Waals surface area (Å²) in [6, 6.07) is 6.09. The summed E-state index contributed by atoms with van der Waals surface area (Å²) in [5.74, 6) is -0.870. The number of alkyl halides is 1. The van der Waals surface area contributed by atoms with E-state index in [1.807, 2.05) is 6.92 Å². The molecular formula is C13H15FO3. The van der Waals surface area contributed by atoms with Crippen molar-refractivity contribution >= 4 is 11.6 Å². The Hall–Kier alpha value is -1.71. The Morgan fingerprint density at radius 2 is 1.82 bits per heavy atom. The molecule has 3 nitrogen and oxygen atoms in total. The Morgan fingerprint density at radius 1 is 1.24 bits per heavy atom. The number of hydrogen-bond acceptors (Lipinski definition) is 3. The highest BCUT2D eigenvalue weighted by Crippen LogP contribution is 2.15. The molecule has 0 fully saturated rings. The largest absolute Gasteiger partial charge is 0.494 e. The predicted molar refractivity (Wildman–Crippen MR) is 62.1 cm³/mol. The van der Waals surface area contributed by atoms with Gasteiger partial charge in [-0.05, 0) is 31.2 Å². The normalized spacial score (nSPS) is 11.9. The van der Waals surface area contributed by atoms with Crippen LogP contribution < -0.4 is 4.74 Å². The van der Waals surface area contributed by atoms with Gasteiger partial charge in [0.1, 0.15) is 5.75 Å². The van der Waals surface area contributed by atoms with Crippen LogP contribution in [0.3, 0.4) is 0 Å². The van der Waals surface area contributed by atoms with Crippen molar-refractivity contribution in [2.45, 2.75) is 26.4 Å². The van der Waals surface area contributed by atoms with Gasteiger partial charge >= 0.3 is 0 Å². The highest BCUT2D eigenvalue weighted by Gasteiger charge is 2.25. The maximum Gasteiger partial charge on any atom is 0.220 e. The first kappa shape index (κ1) is 13.4. The number of rotatable bonds is 6. The maximum atomic E-state index is 13.4. The minimum atomic E-state index is -2.06. The first-order valence-corrected chi connectivity index (χ1v) is 5.54. The zero-order valence-corrected chi connectivity index (χ0v) is 9.90. The lowest BCUT2D eigenvalue weighted by Crippen LogP contribution is -2.25. The van der Waals surface area contributed by atoms with E-state index in [0.717, 1.165) is 0 Å². The Balaban J connectivity index is 2.79. The minimum Gasteiger partial charge on any atom is -0.494 e. The van der Waals surface area contributed by atoms with Crippen LogP contribution in [0.4, 0.5) is 4.39 Å². The van der Waals surface area contributed by atoms with E-state index in [4.69, 9.17) is 4.74 Å². The molecule has 1 aromatic rings. The third kappa shape index (κ3) is 3.37. The number of halogens is 1. The van der Waals surface area contributed by atoms with Crippen LogP contribution >= 0.6 is 0 Å². The first-order valence-electron chi connectivity index (χ1n) is 5.54. The SMILES string of the molecule is CCOc1ccc(C(=O)C(F)C(=O)CC)cc1. The summed E-state index contributed by atoms with van der Waals surface area (Å²) in [4.78, 5) is 22.7. The molecule has 0 N–H and O–H groups in total. The summed E-state index contributed by atoms with van der Waals surface area (Å²) < 4.78 is 18.6. The third-order valence-corrected chi connectivity index (χ3v) is 2.31. The fourth-order valence-electron chi connectivity index (χ4n) is 1.35. The molecule has 0 aliphatic rings. The highest BCUT2D eigenvalue weighted by molar-refractivity contribution is 6.13. The van der Waals surface area contributed by atoms with Gasteiger partial charge in [-0.3, -0.25) is 9.59 Å². The fourth-order valence-corrected chi connectivity index (χ4v) is 1.35. The summed E-state index contributed by atoms with van der Waals surface area (Å²) in [7, 11) is 0. The average molecular weight is 238 g/mol. The number of carbonyl (C=O) groups excluding carboxylic acids is 2. The monoisotopic (exact) mass is 238 g/mol. The zero-order valence-electron chi connectivity index (χ0n) is 9.90. The predicted octanol–water partition coefficient (Wildman–Crippen LogP) is 2.59. The second kappa shape index (κ2) is 6.13. The van der Waals surface area contributed by atoms with E-state index in [0.29, 0.717) is 12.4 Å². The number of benzene rings is 1. The second-order valence-corrected chi connectivity index (χ2v) is 3.50. The summed E-state index contributed by atoms with van der Waals surface area (Å²) in [5, 5.41) is 0. The van der Waals surface area contributed by atoms with E-state index in [-0.39, 0.29) is 12.0 Å². The number of hydrogen-bond donors (Lipinski definition) is 0. The van der Waals surface area contributed by atoms with Crippen molar-refractivity contribution in [3.05, 3.63) is 29.8 Å². The summed E-state index contributed by atoms with van der Waals surface area (Å²) in [5.41, 5.74) is 0.183. The van der Waals surface area contributed by atoms with E-state index in [1.165, 1.54) is 19.1 Å². The van der Waals surface area contributed by atoms with Crippen LogP contribution in [0.2, 0.25) is 0 Å². The number of ketones is 2. The third-order valence-electron chi connectivity index (χ3n) is 2.31. The van der Waals surface area contributed by atoms with Gasteiger partial charge < -0.3 is 4.74 Å². The van der Waals surface area contributed by atoms with E-state index in [2.05, 4.69) is 0 Å². The minimum absolute atomic E-state index is 0.0178. The molecule has 0 heterocycles. The zero-order chi connectivity index (χ0) is 12.8. The molecule has 0 spiro atoms.